The van der Waals surface area contributed by atoms with Crippen molar-refractivity contribution in [2.24, 2.45) is 0 Å². The summed E-state index contributed by atoms with van der Waals surface area (Å²) in [7, 11) is 0. The van der Waals surface area contributed by atoms with E-state index >= 15 is 0 Å². The first-order valence-corrected chi connectivity index (χ1v) is 4.52. The number of terminal acetylenes is 1. The summed E-state index contributed by atoms with van der Waals surface area (Å²) in [5.74, 6) is 1.88. The van der Waals surface area contributed by atoms with E-state index in [1.165, 1.54) is 18.2 Å². The van der Waals surface area contributed by atoms with Crippen molar-refractivity contribution in [2.45, 2.75) is 18.3 Å². The molecule has 2 rings (SSSR count). The average Bonchev–Trinajstić information content (AvgIpc) is 2.98. The summed E-state index contributed by atoms with van der Waals surface area (Å²) in [4.78, 5) is 10.1. The van der Waals surface area contributed by atoms with Gasteiger partial charge in [-0.25, -0.2) is 4.39 Å². The monoisotopic (exact) mass is 205 g/mol. The van der Waals surface area contributed by atoms with Crippen molar-refractivity contribution in [3.63, 3.8) is 0 Å². The van der Waals surface area contributed by atoms with Crippen molar-refractivity contribution < 1.29 is 9.31 Å². The van der Waals surface area contributed by atoms with E-state index in [0.717, 1.165) is 0 Å². The van der Waals surface area contributed by atoms with Crippen LogP contribution >= 0.6 is 0 Å². The standard InChI is InChI=1S/C11H8FNO2/c1-2-11(6-7-11)10-8(12)4-3-5-9(10)13(14)15/h1,3-5H,6-7H2. The van der Waals surface area contributed by atoms with E-state index in [0.29, 0.717) is 12.8 Å². The molecule has 1 aromatic carbocycles. The Hall–Kier alpha value is -1.89. The topological polar surface area (TPSA) is 43.1 Å². The highest BCUT2D eigenvalue weighted by Gasteiger charge is 2.48. The van der Waals surface area contributed by atoms with Gasteiger partial charge in [0.05, 0.1) is 15.9 Å². The van der Waals surface area contributed by atoms with Crippen molar-refractivity contribution in [1.29, 1.82) is 0 Å². The number of hydrogen-bond donors (Lipinski definition) is 0. The number of halogens is 1. The van der Waals surface area contributed by atoms with E-state index in [2.05, 4.69) is 5.92 Å². The zero-order valence-corrected chi connectivity index (χ0v) is 7.87. The van der Waals surface area contributed by atoms with Crippen LogP contribution < -0.4 is 0 Å². The predicted octanol–water partition coefficient (Wildman–Crippen LogP) is 2.40. The fourth-order valence-corrected chi connectivity index (χ4v) is 1.73. The summed E-state index contributed by atoms with van der Waals surface area (Å²) in [5.41, 5.74) is -0.892. The zero-order chi connectivity index (χ0) is 11.1. The Morgan fingerprint density at radius 2 is 2.20 bits per heavy atom. The summed E-state index contributed by atoms with van der Waals surface area (Å²) in [6.07, 6.45) is 6.53. The van der Waals surface area contributed by atoms with Crippen LogP contribution in [0.15, 0.2) is 18.2 Å². The van der Waals surface area contributed by atoms with Crippen LogP contribution in [0, 0.1) is 28.3 Å². The van der Waals surface area contributed by atoms with Gasteiger partial charge in [0.1, 0.15) is 5.82 Å². The van der Waals surface area contributed by atoms with Gasteiger partial charge in [-0.2, -0.15) is 0 Å². The molecule has 1 aliphatic carbocycles. The Morgan fingerprint density at radius 1 is 1.53 bits per heavy atom. The van der Waals surface area contributed by atoms with Crippen molar-refractivity contribution in [3.05, 3.63) is 39.7 Å². The van der Waals surface area contributed by atoms with Gasteiger partial charge in [-0.15, -0.1) is 6.42 Å². The van der Waals surface area contributed by atoms with Gasteiger partial charge in [0.15, 0.2) is 0 Å². The average molecular weight is 205 g/mol. The van der Waals surface area contributed by atoms with E-state index in [9.17, 15) is 14.5 Å². The Morgan fingerprint density at radius 3 is 2.67 bits per heavy atom. The minimum atomic E-state index is -0.742. The molecule has 0 aromatic heterocycles. The summed E-state index contributed by atoms with van der Waals surface area (Å²) < 4.78 is 13.5. The molecule has 4 heteroatoms. The first-order chi connectivity index (χ1) is 7.10. The summed E-state index contributed by atoms with van der Waals surface area (Å²) in [6.45, 7) is 0. The first-order valence-electron chi connectivity index (χ1n) is 4.52. The Labute approximate surface area is 86.1 Å². The number of nitrogens with zero attached hydrogens (tertiary/aromatic N) is 1. The molecule has 1 fully saturated rings. The van der Waals surface area contributed by atoms with Crippen molar-refractivity contribution in [2.75, 3.05) is 0 Å². The molecule has 0 aliphatic heterocycles. The molecule has 0 spiro atoms. The summed E-state index contributed by atoms with van der Waals surface area (Å²) in [5, 5.41) is 10.7. The van der Waals surface area contributed by atoms with Gasteiger partial charge in [-0.1, -0.05) is 12.0 Å². The van der Waals surface area contributed by atoms with E-state index in [1.54, 1.807) is 0 Å². The number of hydrogen-bond acceptors (Lipinski definition) is 2. The molecular weight excluding hydrogens is 197 g/mol. The normalized spacial score (nSPS) is 16.8. The lowest BCUT2D eigenvalue weighted by molar-refractivity contribution is -0.385. The predicted molar refractivity (Wildman–Crippen MR) is 52.8 cm³/mol. The lowest BCUT2D eigenvalue weighted by atomic mass is 9.94. The second-order valence-electron chi connectivity index (χ2n) is 3.62. The van der Waals surface area contributed by atoms with Crippen LogP contribution in [0.4, 0.5) is 10.1 Å². The van der Waals surface area contributed by atoms with E-state index in [4.69, 9.17) is 6.42 Å². The lowest BCUT2D eigenvalue weighted by Crippen LogP contribution is -2.09. The Balaban J connectivity index is 2.64. The highest BCUT2D eigenvalue weighted by molar-refractivity contribution is 5.53. The molecule has 76 valence electrons. The van der Waals surface area contributed by atoms with Gasteiger partial charge in [-0.3, -0.25) is 10.1 Å². The van der Waals surface area contributed by atoms with E-state index in [1.807, 2.05) is 0 Å². The van der Waals surface area contributed by atoms with Crippen LogP contribution in [0.1, 0.15) is 18.4 Å². The molecule has 0 heterocycles. The third-order valence-electron chi connectivity index (χ3n) is 2.69. The number of nitro benzene ring substituents is 1. The van der Waals surface area contributed by atoms with Gasteiger partial charge in [0.2, 0.25) is 0 Å². The summed E-state index contributed by atoms with van der Waals surface area (Å²) in [6, 6.07) is 3.82. The van der Waals surface area contributed by atoms with Crippen LogP contribution in [0.5, 0.6) is 0 Å². The molecule has 3 nitrogen and oxygen atoms in total. The quantitative estimate of drug-likeness (QED) is 0.422. The minimum absolute atomic E-state index is 0.0671. The number of rotatable bonds is 2. The smallest absolute Gasteiger partial charge is 0.258 e. The molecule has 0 atom stereocenters. The molecule has 0 amide bonds. The molecule has 0 saturated heterocycles. The van der Waals surface area contributed by atoms with Crippen molar-refractivity contribution in [1.82, 2.24) is 0 Å². The molecule has 1 aliphatic rings. The third kappa shape index (κ3) is 1.37. The van der Waals surface area contributed by atoms with Crippen molar-refractivity contribution >= 4 is 5.69 Å². The second-order valence-corrected chi connectivity index (χ2v) is 3.62. The highest BCUT2D eigenvalue weighted by Crippen LogP contribution is 2.51. The van der Waals surface area contributed by atoms with Crippen LogP contribution in [-0.2, 0) is 5.41 Å². The molecule has 1 aromatic rings. The molecular formula is C11H8FNO2. The fraction of sp³-hybridized carbons (Fsp3) is 0.273. The van der Waals surface area contributed by atoms with Crippen LogP contribution in [0.25, 0.3) is 0 Å². The van der Waals surface area contributed by atoms with Gasteiger partial charge < -0.3 is 0 Å². The van der Waals surface area contributed by atoms with Crippen LogP contribution in [0.2, 0.25) is 0 Å². The molecule has 0 radical (unpaired) electrons. The van der Waals surface area contributed by atoms with Gasteiger partial charge in [0.25, 0.3) is 5.69 Å². The molecule has 0 unspecified atom stereocenters. The van der Waals surface area contributed by atoms with E-state index < -0.39 is 16.2 Å². The maximum Gasteiger partial charge on any atom is 0.277 e. The van der Waals surface area contributed by atoms with E-state index in [-0.39, 0.29) is 11.3 Å². The molecule has 0 N–H and O–H groups in total. The minimum Gasteiger partial charge on any atom is -0.258 e. The zero-order valence-electron chi connectivity index (χ0n) is 7.87. The Bertz CT molecular complexity index is 472. The second kappa shape index (κ2) is 3.06. The lowest BCUT2D eigenvalue weighted by Gasteiger charge is -2.09. The molecule has 1 saturated carbocycles. The van der Waals surface area contributed by atoms with Gasteiger partial charge >= 0.3 is 0 Å². The molecule has 15 heavy (non-hydrogen) atoms. The van der Waals surface area contributed by atoms with Crippen LogP contribution in [-0.4, -0.2) is 4.92 Å². The maximum atomic E-state index is 13.5. The fourth-order valence-electron chi connectivity index (χ4n) is 1.73. The number of nitro groups is 1. The molecule has 0 bridgehead atoms. The maximum absolute atomic E-state index is 13.5. The number of benzene rings is 1. The first kappa shape index (κ1) is 9.66. The Kier molecular flexibility index (Phi) is 1.97. The summed E-state index contributed by atoms with van der Waals surface area (Å²) >= 11 is 0. The van der Waals surface area contributed by atoms with Crippen LogP contribution in [0.3, 0.4) is 0 Å². The SMILES string of the molecule is C#CC1(c2c(F)cccc2[N+](=O)[O-])CC1. The third-order valence-corrected chi connectivity index (χ3v) is 2.69. The van der Waals surface area contributed by atoms with Gasteiger partial charge in [-0.05, 0) is 18.9 Å². The van der Waals surface area contributed by atoms with Crippen molar-refractivity contribution in [3.8, 4) is 12.3 Å². The van der Waals surface area contributed by atoms with Gasteiger partial charge in [0, 0.05) is 6.07 Å². The highest BCUT2D eigenvalue weighted by atomic mass is 19.1. The largest absolute Gasteiger partial charge is 0.277 e.